The van der Waals surface area contributed by atoms with Crippen LogP contribution in [0.2, 0.25) is 0 Å². The minimum atomic E-state index is -0.752. The summed E-state index contributed by atoms with van der Waals surface area (Å²) in [6, 6.07) is 24.6. The van der Waals surface area contributed by atoms with Crippen LogP contribution in [-0.2, 0) is 0 Å². The van der Waals surface area contributed by atoms with Crippen LogP contribution in [0.25, 0.3) is 33.3 Å². The fraction of sp³-hybridized carbons (Fsp3) is 0. The number of oxazole rings is 1. The molecule has 1 amide bonds. The Labute approximate surface area is 176 Å². The number of nitrogens with zero attached hydrogens (tertiary/aromatic N) is 2. The minimum Gasteiger partial charge on any atom is -0.436 e. The Kier molecular flexibility index (Phi) is 4.42. The molecule has 5 rings (SSSR count). The van der Waals surface area contributed by atoms with E-state index in [1.165, 1.54) is 12.1 Å². The number of hydrogen-bond acceptors (Lipinski definition) is 4. The third kappa shape index (κ3) is 3.49. The Balaban J connectivity index is 1.44. The molecule has 1 aromatic heterocycles. The number of halogens is 1. The molecule has 0 bridgehead atoms. The van der Waals surface area contributed by atoms with E-state index in [1.54, 1.807) is 18.2 Å². The molecule has 0 unspecified atom stereocenters. The first-order valence-corrected chi connectivity index (χ1v) is 9.51. The highest BCUT2D eigenvalue weighted by Crippen LogP contribution is 2.28. The Morgan fingerprint density at radius 1 is 0.968 bits per heavy atom. The van der Waals surface area contributed by atoms with Gasteiger partial charge in [0.25, 0.3) is 5.91 Å². The fourth-order valence-corrected chi connectivity index (χ4v) is 3.42. The lowest BCUT2D eigenvalue weighted by Crippen LogP contribution is -2.13. The summed E-state index contributed by atoms with van der Waals surface area (Å²) < 4.78 is 20.0. The molecule has 6 heteroatoms. The summed E-state index contributed by atoms with van der Waals surface area (Å²) in [7, 11) is 0. The van der Waals surface area contributed by atoms with Gasteiger partial charge in [0.1, 0.15) is 11.3 Å². The zero-order valence-corrected chi connectivity index (χ0v) is 16.1. The molecule has 0 aliphatic heterocycles. The Morgan fingerprint density at radius 3 is 2.61 bits per heavy atom. The van der Waals surface area contributed by atoms with E-state index in [9.17, 15) is 9.18 Å². The zero-order chi connectivity index (χ0) is 21.4. The van der Waals surface area contributed by atoms with E-state index in [2.05, 4.69) is 10.3 Å². The van der Waals surface area contributed by atoms with Gasteiger partial charge in [0.05, 0.1) is 17.2 Å². The van der Waals surface area contributed by atoms with Crippen molar-refractivity contribution in [1.29, 1.82) is 5.26 Å². The first kappa shape index (κ1) is 18.5. The number of rotatable bonds is 3. The number of carbonyl (C=O) groups is 1. The van der Waals surface area contributed by atoms with Crippen LogP contribution in [0.5, 0.6) is 0 Å². The molecule has 0 fully saturated rings. The standard InChI is InChI=1S/C25H14FN3O2/c26-21-11-15(14-27)5-9-20(21)24(30)28-19-8-10-23-22(13-19)29-25(31-23)18-7-6-16-3-1-2-4-17(16)12-18/h1-13H,(H,28,30). The number of benzene rings is 4. The average Bonchev–Trinajstić information content (AvgIpc) is 3.22. The molecule has 0 aliphatic carbocycles. The second-order valence-electron chi connectivity index (χ2n) is 7.02. The lowest BCUT2D eigenvalue weighted by Gasteiger charge is -2.06. The van der Waals surface area contributed by atoms with Gasteiger partial charge in [-0.1, -0.05) is 30.3 Å². The molecule has 1 heterocycles. The Hall–Kier alpha value is -4.50. The number of nitrogens with one attached hydrogen (secondary N) is 1. The fourth-order valence-electron chi connectivity index (χ4n) is 3.42. The van der Waals surface area contributed by atoms with Crippen molar-refractivity contribution in [3.8, 4) is 17.5 Å². The number of anilines is 1. The van der Waals surface area contributed by atoms with Gasteiger partial charge in [-0.3, -0.25) is 4.79 Å². The Morgan fingerprint density at radius 2 is 1.81 bits per heavy atom. The van der Waals surface area contributed by atoms with Crippen LogP contribution in [0.3, 0.4) is 0 Å². The first-order chi connectivity index (χ1) is 15.1. The van der Waals surface area contributed by atoms with Gasteiger partial charge in [-0.2, -0.15) is 5.26 Å². The largest absolute Gasteiger partial charge is 0.436 e. The van der Waals surface area contributed by atoms with E-state index in [0.29, 0.717) is 22.7 Å². The van der Waals surface area contributed by atoms with Gasteiger partial charge >= 0.3 is 0 Å². The molecule has 4 aromatic carbocycles. The summed E-state index contributed by atoms with van der Waals surface area (Å²) in [5, 5.41) is 13.7. The van der Waals surface area contributed by atoms with Crippen LogP contribution in [0, 0.1) is 17.1 Å². The molecule has 5 aromatic rings. The van der Waals surface area contributed by atoms with Crippen LogP contribution < -0.4 is 5.32 Å². The molecule has 5 nitrogen and oxygen atoms in total. The average molecular weight is 407 g/mol. The summed E-state index contributed by atoms with van der Waals surface area (Å²) >= 11 is 0. The smallest absolute Gasteiger partial charge is 0.258 e. The quantitative estimate of drug-likeness (QED) is 0.403. The van der Waals surface area contributed by atoms with Gasteiger partial charge in [0.2, 0.25) is 5.89 Å². The summed E-state index contributed by atoms with van der Waals surface area (Å²) in [4.78, 5) is 17.0. The van der Waals surface area contributed by atoms with Crippen molar-refractivity contribution >= 4 is 33.5 Å². The number of aromatic nitrogens is 1. The van der Waals surface area contributed by atoms with E-state index < -0.39 is 11.7 Å². The monoisotopic (exact) mass is 407 g/mol. The molecule has 0 radical (unpaired) electrons. The molecular formula is C25H14FN3O2. The van der Waals surface area contributed by atoms with Crippen LogP contribution in [0.1, 0.15) is 15.9 Å². The number of nitriles is 1. The molecule has 0 saturated heterocycles. The maximum atomic E-state index is 14.1. The molecular weight excluding hydrogens is 393 g/mol. The number of fused-ring (bicyclic) bond motifs is 2. The minimum absolute atomic E-state index is 0.142. The zero-order valence-electron chi connectivity index (χ0n) is 16.1. The van der Waals surface area contributed by atoms with Crippen LogP contribution >= 0.6 is 0 Å². The number of carbonyl (C=O) groups excluding carboxylic acids is 1. The molecule has 0 saturated carbocycles. The van der Waals surface area contributed by atoms with Gasteiger partial charge < -0.3 is 9.73 Å². The van der Waals surface area contributed by atoms with Crippen molar-refractivity contribution in [2.75, 3.05) is 5.32 Å². The van der Waals surface area contributed by atoms with Gasteiger partial charge in [0.15, 0.2) is 5.58 Å². The van der Waals surface area contributed by atoms with Gasteiger partial charge in [-0.15, -0.1) is 0 Å². The van der Waals surface area contributed by atoms with Crippen LogP contribution in [-0.4, -0.2) is 10.9 Å². The first-order valence-electron chi connectivity index (χ1n) is 9.51. The van der Waals surface area contributed by atoms with Crippen molar-refractivity contribution in [3.05, 3.63) is 95.8 Å². The molecule has 0 aliphatic rings. The number of amides is 1. The molecule has 0 spiro atoms. The normalized spacial score (nSPS) is 10.8. The van der Waals surface area contributed by atoms with Crippen molar-refractivity contribution in [2.45, 2.75) is 0 Å². The molecule has 0 atom stereocenters. The van der Waals surface area contributed by atoms with Crippen molar-refractivity contribution in [1.82, 2.24) is 4.98 Å². The van der Waals surface area contributed by atoms with Gasteiger partial charge in [-0.25, -0.2) is 9.37 Å². The lowest BCUT2D eigenvalue weighted by atomic mass is 10.1. The maximum absolute atomic E-state index is 14.1. The Bertz CT molecular complexity index is 1510. The van der Waals surface area contributed by atoms with E-state index in [4.69, 9.17) is 9.68 Å². The van der Waals surface area contributed by atoms with Crippen LogP contribution in [0.4, 0.5) is 10.1 Å². The topological polar surface area (TPSA) is 78.9 Å². The summed E-state index contributed by atoms with van der Waals surface area (Å²) in [5.41, 5.74) is 2.46. The van der Waals surface area contributed by atoms with E-state index in [-0.39, 0.29) is 11.1 Å². The predicted octanol–water partition coefficient (Wildman–Crippen LogP) is 5.91. The lowest BCUT2D eigenvalue weighted by molar-refractivity contribution is 0.102. The van der Waals surface area contributed by atoms with Crippen molar-refractivity contribution in [3.63, 3.8) is 0 Å². The number of hydrogen-bond donors (Lipinski definition) is 1. The highest BCUT2D eigenvalue weighted by Gasteiger charge is 2.14. The van der Waals surface area contributed by atoms with Gasteiger partial charge in [0, 0.05) is 11.3 Å². The predicted molar refractivity (Wildman–Crippen MR) is 116 cm³/mol. The highest BCUT2D eigenvalue weighted by molar-refractivity contribution is 6.05. The highest BCUT2D eigenvalue weighted by atomic mass is 19.1. The van der Waals surface area contributed by atoms with E-state index >= 15 is 0 Å². The molecule has 148 valence electrons. The molecule has 1 N–H and O–H groups in total. The van der Waals surface area contributed by atoms with Gasteiger partial charge in [-0.05, 0) is 59.3 Å². The summed E-state index contributed by atoms with van der Waals surface area (Å²) in [6.45, 7) is 0. The third-order valence-electron chi connectivity index (χ3n) is 4.98. The summed E-state index contributed by atoms with van der Waals surface area (Å²) in [5.74, 6) is -0.889. The second kappa shape index (κ2) is 7.39. The second-order valence-corrected chi connectivity index (χ2v) is 7.02. The van der Waals surface area contributed by atoms with E-state index in [0.717, 1.165) is 22.4 Å². The van der Waals surface area contributed by atoms with Crippen molar-refractivity contribution in [2.24, 2.45) is 0 Å². The van der Waals surface area contributed by atoms with Crippen LogP contribution in [0.15, 0.2) is 83.3 Å². The summed E-state index contributed by atoms with van der Waals surface area (Å²) in [6.07, 6.45) is 0. The third-order valence-corrected chi connectivity index (χ3v) is 4.98. The SMILES string of the molecule is N#Cc1ccc(C(=O)Nc2ccc3oc(-c4ccc5ccccc5c4)nc3c2)c(F)c1. The maximum Gasteiger partial charge on any atom is 0.258 e. The molecule has 31 heavy (non-hydrogen) atoms. The van der Waals surface area contributed by atoms with E-state index in [1.807, 2.05) is 48.5 Å². The van der Waals surface area contributed by atoms with Crippen molar-refractivity contribution < 1.29 is 13.6 Å².